The summed E-state index contributed by atoms with van der Waals surface area (Å²) in [5.74, 6) is 0.680. The normalized spacial score (nSPS) is 31.1. The van der Waals surface area contributed by atoms with E-state index < -0.39 is 0 Å². The van der Waals surface area contributed by atoms with Crippen molar-refractivity contribution in [1.82, 2.24) is 5.32 Å². The second kappa shape index (κ2) is 6.14. The van der Waals surface area contributed by atoms with Gasteiger partial charge in [0.05, 0.1) is 13.0 Å². The summed E-state index contributed by atoms with van der Waals surface area (Å²) >= 11 is 0. The van der Waals surface area contributed by atoms with Crippen molar-refractivity contribution in [2.45, 2.75) is 38.3 Å². The number of halogens is 1. The Morgan fingerprint density at radius 2 is 1.81 bits per heavy atom. The minimum atomic E-state index is -0.220. The van der Waals surface area contributed by atoms with Crippen molar-refractivity contribution < 1.29 is 13.9 Å². The fourth-order valence-corrected chi connectivity index (χ4v) is 4.06. The molecule has 114 valence electrons. The summed E-state index contributed by atoms with van der Waals surface area (Å²) < 4.78 is 17.9. The Morgan fingerprint density at radius 1 is 1.19 bits per heavy atom. The number of carbonyl (C=O) groups is 1. The van der Waals surface area contributed by atoms with Gasteiger partial charge in [0.2, 0.25) is 0 Å². The van der Waals surface area contributed by atoms with Gasteiger partial charge in [0.15, 0.2) is 0 Å². The second-order valence-electron chi connectivity index (χ2n) is 6.26. The second-order valence-corrected chi connectivity index (χ2v) is 6.26. The molecule has 2 bridgehead atoms. The van der Waals surface area contributed by atoms with Crippen molar-refractivity contribution >= 4 is 5.97 Å². The van der Waals surface area contributed by atoms with E-state index in [0.717, 1.165) is 18.4 Å². The van der Waals surface area contributed by atoms with Gasteiger partial charge in [-0.25, -0.2) is 4.39 Å². The first-order valence-corrected chi connectivity index (χ1v) is 7.74. The summed E-state index contributed by atoms with van der Waals surface area (Å²) in [7, 11) is 1.47. The number of nitrogens with one attached hydrogen (secondary N) is 1. The lowest BCUT2D eigenvalue weighted by Gasteiger charge is -2.47. The van der Waals surface area contributed by atoms with E-state index in [0.29, 0.717) is 18.4 Å². The number of fused-ring (bicyclic) bond motifs is 3. The molecule has 3 aliphatic carbocycles. The highest BCUT2D eigenvalue weighted by atomic mass is 19.1. The highest BCUT2D eigenvalue weighted by molar-refractivity contribution is 5.74. The number of benzene rings is 1. The highest BCUT2D eigenvalue weighted by Crippen LogP contribution is 2.45. The molecule has 1 N–H and O–H groups in total. The third-order valence-corrected chi connectivity index (χ3v) is 5.15. The zero-order chi connectivity index (χ0) is 14.8. The highest BCUT2D eigenvalue weighted by Gasteiger charge is 2.47. The van der Waals surface area contributed by atoms with Crippen LogP contribution in [0, 0.1) is 23.6 Å². The molecule has 0 aromatic heterocycles. The first kappa shape index (κ1) is 14.5. The van der Waals surface area contributed by atoms with E-state index >= 15 is 0 Å². The average molecular weight is 291 g/mol. The van der Waals surface area contributed by atoms with Gasteiger partial charge in [-0.3, -0.25) is 4.79 Å². The fourth-order valence-electron chi connectivity index (χ4n) is 4.06. The third kappa shape index (κ3) is 2.95. The molecule has 4 rings (SSSR count). The minimum absolute atomic E-state index is 0.0250. The van der Waals surface area contributed by atoms with Crippen LogP contribution in [-0.4, -0.2) is 19.1 Å². The van der Waals surface area contributed by atoms with E-state index in [9.17, 15) is 9.18 Å². The van der Waals surface area contributed by atoms with Crippen molar-refractivity contribution in [2.24, 2.45) is 17.8 Å². The summed E-state index contributed by atoms with van der Waals surface area (Å²) in [6.45, 7) is 0.668. The smallest absolute Gasteiger partial charge is 0.310 e. The van der Waals surface area contributed by atoms with Crippen LogP contribution in [0.4, 0.5) is 4.39 Å². The Kier molecular flexibility index (Phi) is 4.24. The molecule has 0 saturated heterocycles. The molecule has 1 aromatic carbocycles. The Hall–Kier alpha value is -1.42. The Morgan fingerprint density at radius 3 is 2.43 bits per heavy atom. The molecular formula is C17H22FNO2. The van der Waals surface area contributed by atoms with Crippen LogP contribution in [0.3, 0.4) is 0 Å². The quantitative estimate of drug-likeness (QED) is 0.867. The topological polar surface area (TPSA) is 38.3 Å². The molecule has 3 saturated carbocycles. The van der Waals surface area contributed by atoms with Crippen LogP contribution in [0.5, 0.6) is 0 Å². The van der Waals surface area contributed by atoms with Gasteiger partial charge in [0.25, 0.3) is 0 Å². The van der Waals surface area contributed by atoms with Gasteiger partial charge in [-0.2, -0.15) is 0 Å². The number of esters is 1. The maximum Gasteiger partial charge on any atom is 0.310 e. The molecule has 3 aliphatic rings. The molecule has 1 aromatic rings. The van der Waals surface area contributed by atoms with Crippen LogP contribution >= 0.6 is 0 Å². The first-order chi connectivity index (χ1) is 10.2. The molecule has 0 heterocycles. The molecule has 0 aliphatic heterocycles. The average Bonchev–Trinajstić information content (AvgIpc) is 2.54. The van der Waals surface area contributed by atoms with Crippen molar-refractivity contribution in [2.75, 3.05) is 7.11 Å². The zero-order valence-electron chi connectivity index (χ0n) is 12.3. The summed E-state index contributed by atoms with van der Waals surface area (Å²) in [4.78, 5) is 12.1. The standard InChI is InChI=1S/C17H22FNO2/c1-21-17(20)15-12-4-6-13(7-5-12)16(15)19-10-11-2-8-14(18)9-3-11/h2-3,8-9,12-13,15-16,19H,4-7,10H2,1H3/t12?,13?,15-,16+/m1/s1. The van der Waals surface area contributed by atoms with Crippen molar-refractivity contribution in [3.63, 3.8) is 0 Å². The Bertz CT molecular complexity index is 494. The van der Waals surface area contributed by atoms with Gasteiger partial charge in [-0.1, -0.05) is 12.1 Å². The number of methoxy groups -OCH3 is 1. The van der Waals surface area contributed by atoms with E-state index in [1.54, 1.807) is 12.1 Å². The van der Waals surface area contributed by atoms with Gasteiger partial charge in [-0.15, -0.1) is 0 Å². The fraction of sp³-hybridized carbons (Fsp3) is 0.588. The van der Waals surface area contributed by atoms with Crippen molar-refractivity contribution in [3.8, 4) is 0 Å². The van der Waals surface area contributed by atoms with Crippen molar-refractivity contribution in [3.05, 3.63) is 35.6 Å². The first-order valence-electron chi connectivity index (χ1n) is 7.74. The lowest BCUT2D eigenvalue weighted by molar-refractivity contribution is -0.153. The zero-order valence-corrected chi connectivity index (χ0v) is 12.3. The molecule has 3 fully saturated rings. The SMILES string of the molecule is COC(=O)[C@@H]1C2CCC(CC2)[C@@H]1NCc1ccc(F)cc1. The number of rotatable bonds is 4. The summed E-state index contributed by atoms with van der Waals surface area (Å²) in [5.41, 5.74) is 1.04. The molecule has 4 heteroatoms. The van der Waals surface area contributed by atoms with Crippen LogP contribution in [0.2, 0.25) is 0 Å². The van der Waals surface area contributed by atoms with E-state index in [1.165, 1.54) is 32.1 Å². The van der Waals surface area contributed by atoms with Crippen LogP contribution < -0.4 is 5.32 Å². The largest absolute Gasteiger partial charge is 0.469 e. The monoisotopic (exact) mass is 291 g/mol. The maximum absolute atomic E-state index is 12.9. The molecule has 3 nitrogen and oxygen atoms in total. The summed E-state index contributed by atoms with van der Waals surface area (Å²) in [6.07, 6.45) is 4.66. The van der Waals surface area contributed by atoms with E-state index in [2.05, 4.69) is 5.32 Å². The maximum atomic E-state index is 12.9. The van der Waals surface area contributed by atoms with E-state index in [1.807, 2.05) is 0 Å². The van der Waals surface area contributed by atoms with Gasteiger partial charge >= 0.3 is 5.97 Å². The summed E-state index contributed by atoms with van der Waals surface area (Å²) in [5, 5.41) is 3.53. The predicted molar refractivity (Wildman–Crippen MR) is 78.0 cm³/mol. The third-order valence-electron chi connectivity index (χ3n) is 5.15. The molecule has 0 radical (unpaired) electrons. The van der Waals surface area contributed by atoms with Crippen LogP contribution in [-0.2, 0) is 16.1 Å². The van der Waals surface area contributed by atoms with Crippen molar-refractivity contribution in [1.29, 1.82) is 0 Å². The molecule has 0 spiro atoms. The molecule has 2 atom stereocenters. The number of hydrogen-bond acceptors (Lipinski definition) is 3. The lowest BCUT2D eigenvalue weighted by Crippen LogP contribution is -2.54. The molecule has 0 unspecified atom stereocenters. The minimum Gasteiger partial charge on any atom is -0.469 e. The predicted octanol–water partition coefficient (Wildman–Crippen LogP) is 2.89. The van der Waals surface area contributed by atoms with Crippen LogP contribution in [0.25, 0.3) is 0 Å². The molecule has 0 amide bonds. The summed E-state index contributed by atoms with van der Waals surface area (Å²) in [6, 6.07) is 6.71. The molecular weight excluding hydrogens is 269 g/mol. The van der Waals surface area contributed by atoms with E-state index in [-0.39, 0.29) is 23.7 Å². The van der Waals surface area contributed by atoms with Gasteiger partial charge in [0, 0.05) is 12.6 Å². The number of ether oxygens (including phenoxy) is 1. The molecule has 21 heavy (non-hydrogen) atoms. The number of hydrogen-bond donors (Lipinski definition) is 1. The van der Waals surface area contributed by atoms with Gasteiger partial charge < -0.3 is 10.1 Å². The van der Waals surface area contributed by atoms with Gasteiger partial charge in [-0.05, 0) is 55.2 Å². The Balaban J connectivity index is 1.69. The van der Waals surface area contributed by atoms with Gasteiger partial charge in [0.1, 0.15) is 5.82 Å². The van der Waals surface area contributed by atoms with Crippen LogP contribution in [0.15, 0.2) is 24.3 Å². The lowest BCUT2D eigenvalue weighted by atomic mass is 9.61. The Labute approximate surface area is 124 Å². The number of carbonyl (C=O) groups excluding carboxylic acids is 1. The van der Waals surface area contributed by atoms with E-state index in [4.69, 9.17) is 4.74 Å². The van der Waals surface area contributed by atoms with Crippen LogP contribution in [0.1, 0.15) is 31.2 Å².